The molecule has 0 amide bonds. The third kappa shape index (κ3) is 6.16. The number of aliphatic hydroxyl groups excluding tert-OH is 1. The maximum Gasteiger partial charge on any atom is 0.0431 e. The van der Waals surface area contributed by atoms with Gasteiger partial charge in [-0.05, 0) is 88.5 Å². The highest BCUT2D eigenvalue weighted by atomic mass is 32.1. The second-order valence-electron chi connectivity index (χ2n) is 12.6. The van der Waals surface area contributed by atoms with Crippen LogP contribution >= 0.6 is 11.3 Å². The van der Waals surface area contributed by atoms with E-state index in [2.05, 4.69) is 57.3 Å². The number of rotatable bonds is 7. The number of thiophene rings is 1. The van der Waals surface area contributed by atoms with E-state index >= 15 is 0 Å². The van der Waals surface area contributed by atoms with Crippen molar-refractivity contribution in [3.8, 4) is 11.1 Å². The number of hydrogen-bond donors (Lipinski definition) is 1. The zero-order chi connectivity index (χ0) is 24.2. The fraction of sp³-hybridized carbons (Fsp3) is 0.688. The van der Waals surface area contributed by atoms with Gasteiger partial charge < -0.3 is 5.11 Å². The summed E-state index contributed by atoms with van der Waals surface area (Å²) < 4.78 is 0. The van der Waals surface area contributed by atoms with E-state index in [-0.39, 0.29) is 10.8 Å². The fourth-order valence-corrected chi connectivity index (χ4v) is 7.64. The van der Waals surface area contributed by atoms with Crippen molar-refractivity contribution in [1.29, 1.82) is 0 Å². The van der Waals surface area contributed by atoms with Gasteiger partial charge >= 0.3 is 0 Å². The maximum atomic E-state index is 9.03. The fourth-order valence-electron chi connectivity index (χ4n) is 6.55. The lowest BCUT2D eigenvalue weighted by Crippen LogP contribution is -2.33. The van der Waals surface area contributed by atoms with Gasteiger partial charge in [0.25, 0.3) is 0 Å². The van der Waals surface area contributed by atoms with E-state index in [1.54, 1.807) is 16.0 Å². The second kappa shape index (κ2) is 11.3. The van der Waals surface area contributed by atoms with Crippen molar-refractivity contribution < 1.29 is 5.11 Å². The van der Waals surface area contributed by atoms with Gasteiger partial charge in [0.2, 0.25) is 0 Å². The van der Waals surface area contributed by atoms with Crippen LogP contribution in [0.4, 0.5) is 0 Å². The molecule has 34 heavy (non-hydrogen) atoms. The second-order valence-corrected chi connectivity index (χ2v) is 13.6. The first kappa shape index (κ1) is 26.0. The molecule has 1 N–H and O–H groups in total. The van der Waals surface area contributed by atoms with Crippen molar-refractivity contribution in [2.75, 3.05) is 6.61 Å². The first-order chi connectivity index (χ1) is 16.3. The Morgan fingerprint density at radius 2 is 1.50 bits per heavy atom. The smallest absolute Gasteiger partial charge is 0.0431 e. The molecule has 1 aromatic heterocycles. The topological polar surface area (TPSA) is 20.2 Å². The largest absolute Gasteiger partial charge is 0.396 e. The Kier molecular flexibility index (Phi) is 8.62. The molecule has 1 fully saturated rings. The van der Waals surface area contributed by atoms with Crippen LogP contribution in [-0.2, 0) is 10.8 Å². The standard InChI is InChI=1S/C32H48OS/c1-31(2)18-19-32(3,4)29-21-26(16-17-28(29)31)27-22-30(34-23-27)25-14-8-7-12-24(13-10-15-25)11-6-5-9-20-33/h16-17,21-25,33H,5-15,18-20H2,1-4H3. The molecule has 2 heteroatoms. The third-order valence-corrected chi connectivity index (χ3v) is 10.2. The van der Waals surface area contributed by atoms with E-state index in [1.807, 2.05) is 11.3 Å². The van der Waals surface area contributed by atoms with Crippen molar-refractivity contribution in [2.45, 2.75) is 128 Å². The average molecular weight is 481 g/mol. The molecule has 188 valence electrons. The maximum absolute atomic E-state index is 9.03. The molecular weight excluding hydrogens is 432 g/mol. The molecule has 1 nitrogen and oxygen atoms in total. The van der Waals surface area contributed by atoms with Crippen LogP contribution in [0.5, 0.6) is 0 Å². The SMILES string of the molecule is CC1(C)CCC(C)(C)c2cc(-c3csc(C4CCCCC(CCCCCO)CCC4)c3)ccc21. The molecule has 0 aliphatic heterocycles. The van der Waals surface area contributed by atoms with Gasteiger partial charge in [-0.2, -0.15) is 0 Å². The number of unbranched alkanes of at least 4 members (excludes halogenated alkanes) is 2. The number of hydrogen-bond acceptors (Lipinski definition) is 2. The minimum atomic E-state index is 0.270. The summed E-state index contributed by atoms with van der Waals surface area (Å²) in [5, 5.41) is 11.5. The molecule has 2 aromatic rings. The Balaban J connectivity index is 1.43. The third-order valence-electron chi connectivity index (χ3n) is 9.06. The van der Waals surface area contributed by atoms with Crippen LogP contribution in [0, 0.1) is 5.92 Å². The van der Waals surface area contributed by atoms with Gasteiger partial charge in [-0.3, -0.25) is 0 Å². The van der Waals surface area contributed by atoms with Crippen molar-refractivity contribution in [3.63, 3.8) is 0 Å². The molecule has 0 spiro atoms. The highest BCUT2D eigenvalue weighted by molar-refractivity contribution is 7.10. The van der Waals surface area contributed by atoms with Crippen LogP contribution in [-0.4, -0.2) is 11.7 Å². The number of benzene rings is 1. The molecule has 4 rings (SSSR count). The highest BCUT2D eigenvalue weighted by Gasteiger charge is 2.37. The van der Waals surface area contributed by atoms with Gasteiger partial charge in [0.05, 0.1) is 0 Å². The molecule has 0 radical (unpaired) electrons. The van der Waals surface area contributed by atoms with Crippen LogP contribution < -0.4 is 0 Å². The molecular formula is C32H48OS. The molecule has 1 saturated carbocycles. The molecule has 1 heterocycles. The summed E-state index contributed by atoms with van der Waals surface area (Å²) in [6.07, 6.45) is 17.1. The minimum absolute atomic E-state index is 0.270. The molecule has 0 bridgehead atoms. The van der Waals surface area contributed by atoms with Gasteiger partial charge in [0.1, 0.15) is 0 Å². The summed E-state index contributed by atoms with van der Waals surface area (Å²) in [5.41, 5.74) is 6.54. The quantitative estimate of drug-likeness (QED) is 0.391. The molecule has 0 saturated heterocycles. The van der Waals surface area contributed by atoms with E-state index in [1.165, 1.54) is 88.2 Å². The lowest BCUT2D eigenvalue weighted by Gasteiger charge is -2.42. The van der Waals surface area contributed by atoms with Gasteiger partial charge in [0, 0.05) is 11.5 Å². The Hall–Kier alpha value is -1.12. The first-order valence-electron chi connectivity index (χ1n) is 14.1. The van der Waals surface area contributed by atoms with Gasteiger partial charge in [-0.1, -0.05) is 97.3 Å². The Labute approximate surface area is 213 Å². The monoisotopic (exact) mass is 480 g/mol. The molecule has 2 unspecified atom stereocenters. The predicted molar refractivity (Wildman–Crippen MR) is 149 cm³/mol. The van der Waals surface area contributed by atoms with Crippen LogP contribution in [0.1, 0.15) is 133 Å². The first-order valence-corrected chi connectivity index (χ1v) is 15.0. The zero-order valence-corrected chi connectivity index (χ0v) is 23.1. The van der Waals surface area contributed by atoms with E-state index in [9.17, 15) is 0 Å². The molecule has 1 aromatic carbocycles. The van der Waals surface area contributed by atoms with E-state index in [0.29, 0.717) is 6.61 Å². The lowest BCUT2D eigenvalue weighted by molar-refractivity contribution is 0.278. The van der Waals surface area contributed by atoms with Crippen molar-refractivity contribution in [1.82, 2.24) is 0 Å². The summed E-state index contributed by atoms with van der Waals surface area (Å²) in [6, 6.07) is 9.87. The molecule has 2 aliphatic rings. The summed E-state index contributed by atoms with van der Waals surface area (Å²) in [7, 11) is 0. The Morgan fingerprint density at radius 1 is 0.794 bits per heavy atom. The van der Waals surface area contributed by atoms with Crippen LogP contribution in [0.25, 0.3) is 11.1 Å². The molecule has 2 aliphatic carbocycles. The van der Waals surface area contributed by atoms with Crippen molar-refractivity contribution in [3.05, 3.63) is 45.6 Å². The van der Waals surface area contributed by atoms with E-state index in [4.69, 9.17) is 5.11 Å². The zero-order valence-electron chi connectivity index (χ0n) is 22.3. The van der Waals surface area contributed by atoms with Gasteiger partial charge in [-0.25, -0.2) is 0 Å². The number of aliphatic hydroxyl groups is 1. The highest BCUT2D eigenvalue weighted by Crippen LogP contribution is 2.47. The Bertz CT molecular complexity index is 921. The summed E-state index contributed by atoms with van der Waals surface area (Å²) in [6.45, 7) is 10.1. The normalized spacial score (nSPS) is 24.6. The van der Waals surface area contributed by atoms with E-state index < -0.39 is 0 Å². The van der Waals surface area contributed by atoms with Crippen molar-refractivity contribution in [2.24, 2.45) is 5.92 Å². The van der Waals surface area contributed by atoms with E-state index in [0.717, 1.165) is 18.3 Å². The molecule has 2 atom stereocenters. The summed E-state index contributed by atoms with van der Waals surface area (Å²) in [5.74, 6) is 1.67. The van der Waals surface area contributed by atoms with Crippen LogP contribution in [0.3, 0.4) is 0 Å². The Morgan fingerprint density at radius 3 is 2.29 bits per heavy atom. The number of fused-ring (bicyclic) bond motifs is 1. The summed E-state index contributed by atoms with van der Waals surface area (Å²) in [4.78, 5) is 1.62. The summed E-state index contributed by atoms with van der Waals surface area (Å²) >= 11 is 2.01. The lowest BCUT2D eigenvalue weighted by atomic mass is 9.63. The van der Waals surface area contributed by atoms with Crippen LogP contribution in [0.15, 0.2) is 29.6 Å². The van der Waals surface area contributed by atoms with Crippen LogP contribution in [0.2, 0.25) is 0 Å². The minimum Gasteiger partial charge on any atom is -0.396 e. The average Bonchev–Trinajstić information content (AvgIpc) is 3.33. The van der Waals surface area contributed by atoms with Crippen molar-refractivity contribution >= 4 is 11.3 Å². The van der Waals surface area contributed by atoms with Gasteiger partial charge in [0.15, 0.2) is 0 Å². The predicted octanol–water partition coefficient (Wildman–Crippen LogP) is 9.76. The van der Waals surface area contributed by atoms with Gasteiger partial charge in [-0.15, -0.1) is 11.3 Å².